The van der Waals surface area contributed by atoms with E-state index in [-0.39, 0.29) is 0 Å². The molecule has 0 radical (unpaired) electrons. The van der Waals surface area contributed by atoms with Crippen LogP contribution in [0.1, 0.15) is 16.7 Å². The van der Waals surface area contributed by atoms with Crippen LogP contribution in [-0.4, -0.2) is 18.8 Å². The Balaban J connectivity index is 1.58. The fourth-order valence-electron chi connectivity index (χ4n) is 3.46. The summed E-state index contributed by atoms with van der Waals surface area (Å²) in [6.45, 7) is 2.70. The van der Waals surface area contributed by atoms with Crippen LogP contribution in [0, 0.1) is 18.3 Å². The van der Waals surface area contributed by atoms with Crippen molar-refractivity contribution in [2.24, 2.45) is 0 Å². The SMILES string of the molecule is Cc1ccc2nc(-c3ccc4nccn4c3)c(NCc3ccc(C#N)cc3)n2c1. The first-order valence-electron chi connectivity index (χ1n) is 9.36. The molecule has 0 amide bonds. The van der Waals surface area contributed by atoms with Crippen molar-refractivity contribution in [1.29, 1.82) is 5.26 Å². The van der Waals surface area contributed by atoms with Crippen molar-refractivity contribution in [2.45, 2.75) is 13.5 Å². The van der Waals surface area contributed by atoms with Crippen LogP contribution in [0.2, 0.25) is 0 Å². The molecule has 0 aliphatic heterocycles. The molecule has 0 saturated carbocycles. The van der Waals surface area contributed by atoms with Gasteiger partial charge in [0.25, 0.3) is 0 Å². The highest BCUT2D eigenvalue weighted by atomic mass is 15.1. The average Bonchev–Trinajstić information content (AvgIpc) is 3.36. The molecule has 6 nitrogen and oxygen atoms in total. The predicted octanol–water partition coefficient (Wildman–Crippen LogP) is 4.44. The summed E-state index contributed by atoms with van der Waals surface area (Å²) >= 11 is 0. The first kappa shape index (κ1) is 17.0. The molecular formula is C23H18N6. The van der Waals surface area contributed by atoms with E-state index < -0.39 is 0 Å². The third kappa shape index (κ3) is 3.09. The highest BCUT2D eigenvalue weighted by molar-refractivity contribution is 5.77. The van der Waals surface area contributed by atoms with Crippen LogP contribution in [0.3, 0.4) is 0 Å². The van der Waals surface area contributed by atoms with Crippen molar-refractivity contribution in [3.63, 3.8) is 0 Å². The molecule has 0 unspecified atom stereocenters. The second kappa shape index (κ2) is 6.80. The number of aromatic nitrogens is 4. The Morgan fingerprint density at radius 1 is 1.00 bits per heavy atom. The highest BCUT2D eigenvalue weighted by Gasteiger charge is 2.15. The number of benzene rings is 1. The lowest BCUT2D eigenvalue weighted by atomic mass is 10.1. The largest absolute Gasteiger partial charge is 0.365 e. The number of pyridine rings is 2. The van der Waals surface area contributed by atoms with Crippen LogP contribution in [0.5, 0.6) is 0 Å². The lowest BCUT2D eigenvalue weighted by molar-refractivity contribution is 1.07. The number of nitrogens with one attached hydrogen (secondary N) is 1. The lowest BCUT2D eigenvalue weighted by Gasteiger charge is -2.10. The Bertz CT molecular complexity index is 1370. The second-order valence-corrected chi connectivity index (χ2v) is 7.02. The smallest absolute Gasteiger partial charge is 0.139 e. The Morgan fingerprint density at radius 3 is 2.66 bits per heavy atom. The van der Waals surface area contributed by atoms with E-state index in [4.69, 9.17) is 10.2 Å². The van der Waals surface area contributed by atoms with Gasteiger partial charge < -0.3 is 9.72 Å². The number of nitrogens with zero attached hydrogens (tertiary/aromatic N) is 5. The summed E-state index contributed by atoms with van der Waals surface area (Å²) < 4.78 is 4.08. The van der Waals surface area contributed by atoms with E-state index in [1.54, 1.807) is 6.20 Å². The second-order valence-electron chi connectivity index (χ2n) is 7.02. The van der Waals surface area contributed by atoms with Gasteiger partial charge >= 0.3 is 0 Å². The van der Waals surface area contributed by atoms with Gasteiger partial charge in [-0.1, -0.05) is 18.2 Å². The Kier molecular flexibility index (Phi) is 3.99. The number of rotatable bonds is 4. The normalized spacial score (nSPS) is 11.0. The van der Waals surface area contributed by atoms with Crippen LogP contribution >= 0.6 is 0 Å². The van der Waals surface area contributed by atoms with Crippen LogP contribution in [0.15, 0.2) is 73.3 Å². The monoisotopic (exact) mass is 378 g/mol. The zero-order valence-electron chi connectivity index (χ0n) is 15.9. The number of fused-ring (bicyclic) bond motifs is 2. The van der Waals surface area contributed by atoms with Crippen LogP contribution < -0.4 is 5.32 Å². The van der Waals surface area contributed by atoms with Gasteiger partial charge in [0, 0.05) is 36.9 Å². The molecule has 0 aliphatic rings. The van der Waals surface area contributed by atoms with Crippen LogP contribution in [-0.2, 0) is 6.54 Å². The summed E-state index contributed by atoms with van der Waals surface area (Å²) in [5.41, 5.74) is 6.61. The van der Waals surface area contributed by atoms with Gasteiger partial charge in [-0.15, -0.1) is 0 Å². The number of hydrogen-bond acceptors (Lipinski definition) is 4. The number of aryl methyl sites for hydroxylation is 1. The summed E-state index contributed by atoms with van der Waals surface area (Å²) in [6, 6.07) is 17.9. The van der Waals surface area contributed by atoms with E-state index >= 15 is 0 Å². The molecule has 5 rings (SSSR count). The molecule has 0 fully saturated rings. The van der Waals surface area contributed by atoms with Gasteiger partial charge in [-0.3, -0.25) is 4.40 Å². The van der Waals surface area contributed by atoms with E-state index in [1.807, 2.05) is 59.3 Å². The van der Waals surface area contributed by atoms with Gasteiger partial charge in [0.2, 0.25) is 0 Å². The lowest BCUT2D eigenvalue weighted by Crippen LogP contribution is -2.04. The average molecular weight is 378 g/mol. The Morgan fingerprint density at radius 2 is 1.83 bits per heavy atom. The molecule has 0 saturated heterocycles. The van der Waals surface area contributed by atoms with Gasteiger partial charge in [0.15, 0.2) is 0 Å². The third-order valence-corrected chi connectivity index (χ3v) is 4.97. The van der Waals surface area contributed by atoms with Crippen molar-refractivity contribution in [2.75, 3.05) is 5.32 Å². The van der Waals surface area contributed by atoms with Gasteiger partial charge in [-0.05, 0) is 48.4 Å². The number of hydrogen-bond donors (Lipinski definition) is 1. The minimum absolute atomic E-state index is 0.633. The number of imidazole rings is 2. The van der Waals surface area contributed by atoms with Crippen molar-refractivity contribution in [1.82, 2.24) is 18.8 Å². The molecule has 1 aromatic carbocycles. The first-order valence-corrected chi connectivity index (χ1v) is 9.36. The topological polar surface area (TPSA) is 70.4 Å². The molecule has 29 heavy (non-hydrogen) atoms. The minimum atomic E-state index is 0.633. The summed E-state index contributed by atoms with van der Waals surface area (Å²) in [6.07, 6.45) is 7.85. The fourth-order valence-corrected chi connectivity index (χ4v) is 3.46. The molecule has 0 atom stereocenters. The van der Waals surface area contributed by atoms with Crippen molar-refractivity contribution >= 4 is 17.1 Å². The Labute approximate surface area is 167 Å². The summed E-state index contributed by atoms with van der Waals surface area (Å²) in [4.78, 5) is 9.20. The summed E-state index contributed by atoms with van der Waals surface area (Å²) in [5.74, 6) is 0.938. The maximum absolute atomic E-state index is 8.99. The van der Waals surface area contributed by atoms with Gasteiger partial charge in [0.05, 0.1) is 11.6 Å². The molecule has 4 aromatic heterocycles. The van der Waals surface area contributed by atoms with Crippen LogP contribution in [0.25, 0.3) is 22.6 Å². The molecular weight excluding hydrogens is 360 g/mol. The van der Waals surface area contributed by atoms with Gasteiger partial charge in [-0.2, -0.15) is 5.26 Å². The van der Waals surface area contributed by atoms with E-state index in [1.165, 1.54) is 0 Å². The van der Waals surface area contributed by atoms with Crippen molar-refractivity contribution < 1.29 is 0 Å². The zero-order valence-corrected chi connectivity index (χ0v) is 15.9. The maximum atomic E-state index is 8.99. The van der Waals surface area contributed by atoms with Crippen LogP contribution in [0.4, 0.5) is 5.82 Å². The summed E-state index contributed by atoms with van der Waals surface area (Å²) in [7, 11) is 0. The fraction of sp³-hybridized carbons (Fsp3) is 0.0870. The van der Waals surface area contributed by atoms with E-state index in [0.29, 0.717) is 12.1 Å². The highest BCUT2D eigenvalue weighted by Crippen LogP contribution is 2.30. The van der Waals surface area contributed by atoms with E-state index in [2.05, 4.69) is 40.0 Å². The van der Waals surface area contributed by atoms with E-state index in [0.717, 1.165) is 39.5 Å². The van der Waals surface area contributed by atoms with Crippen molar-refractivity contribution in [3.05, 3.63) is 90.0 Å². The molecule has 0 aliphatic carbocycles. The van der Waals surface area contributed by atoms with Gasteiger partial charge in [0.1, 0.15) is 22.8 Å². The molecule has 1 N–H and O–H groups in total. The first-order chi connectivity index (χ1) is 14.2. The number of nitriles is 1. The third-order valence-electron chi connectivity index (χ3n) is 4.97. The van der Waals surface area contributed by atoms with Gasteiger partial charge in [-0.25, -0.2) is 9.97 Å². The summed E-state index contributed by atoms with van der Waals surface area (Å²) in [5, 5.41) is 12.5. The quantitative estimate of drug-likeness (QED) is 0.502. The van der Waals surface area contributed by atoms with E-state index in [9.17, 15) is 0 Å². The molecule has 0 bridgehead atoms. The molecule has 6 heteroatoms. The van der Waals surface area contributed by atoms with Crippen molar-refractivity contribution in [3.8, 4) is 17.3 Å². The molecule has 140 valence electrons. The molecule has 0 spiro atoms. The zero-order chi connectivity index (χ0) is 19.8. The molecule has 5 aromatic rings. The Hall–Kier alpha value is -4.11. The minimum Gasteiger partial charge on any atom is -0.365 e. The maximum Gasteiger partial charge on any atom is 0.139 e. The predicted molar refractivity (Wildman–Crippen MR) is 113 cm³/mol. The molecule has 4 heterocycles. The standard InChI is InChI=1S/C23H18N6/c1-16-2-8-21-27-22(19-7-9-20-25-10-11-28(20)15-19)23(29(21)14-16)26-13-18-5-3-17(12-24)4-6-18/h2-11,14-15,26H,13H2,1H3. The number of anilines is 1.